The molecule has 4 N–H and O–H groups in total. The molecule has 1 rings (SSSR count). The number of anilines is 1. The molecule has 6 nitrogen and oxygen atoms in total. The Morgan fingerprint density at radius 1 is 1.56 bits per heavy atom. The Balaban J connectivity index is 2.80. The topological polar surface area (TPSA) is 107 Å². The molecule has 0 radical (unpaired) electrons. The van der Waals surface area contributed by atoms with E-state index < -0.39 is 0 Å². The second-order valence-electron chi connectivity index (χ2n) is 3.79. The van der Waals surface area contributed by atoms with Gasteiger partial charge in [-0.3, -0.25) is 10.8 Å². The summed E-state index contributed by atoms with van der Waals surface area (Å²) in [6.07, 6.45) is 0.0793. The van der Waals surface area contributed by atoms with Crippen LogP contribution in [0.2, 0.25) is 0 Å². The zero-order valence-electron chi connectivity index (χ0n) is 10.3. The molecule has 0 bridgehead atoms. The number of nitrogens with two attached hydrogens (primary N) is 1. The first-order chi connectivity index (χ1) is 8.52. The number of hydrogen-bond donors (Lipinski definition) is 3. The van der Waals surface area contributed by atoms with Gasteiger partial charge in [-0.2, -0.15) is 10.4 Å². The maximum atomic E-state index is 8.68. The minimum atomic E-state index is -0.375. The van der Waals surface area contributed by atoms with Crippen LogP contribution in [-0.4, -0.2) is 17.7 Å². The van der Waals surface area contributed by atoms with Crippen molar-refractivity contribution >= 4 is 17.2 Å². The summed E-state index contributed by atoms with van der Waals surface area (Å²) in [5, 5.41) is 19.5. The highest BCUT2D eigenvalue weighted by Crippen LogP contribution is 2.18. The molecule has 0 unspecified atom stereocenters. The molecule has 0 fully saturated rings. The van der Waals surface area contributed by atoms with Gasteiger partial charge in [0, 0.05) is 6.07 Å². The number of amidine groups is 1. The van der Waals surface area contributed by atoms with E-state index in [1.807, 2.05) is 19.9 Å². The first kappa shape index (κ1) is 13.5. The van der Waals surface area contributed by atoms with Crippen LogP contribution in [0.25, 0.3) is 0 Å². The molecule has 18 heavy (non-hydrogen) atoms. The van der Waals surface area contributed by atoms with Gasteiger partial charge in [-0.1, -0.05) is 6.07 Å². The SMILES string of the molecule is CC(C)Oc1cccc(N/N=C(\C#N)C(=N)N)c1. The lowest BCUT2D eigenvalue weighted by molar-refractivity contribution is 0.242. The van der Waals surface area contributed by atoms with Crippen molar-refractivity contribution in [3.05, 3.63) is 24.3 Å². The van der Waals surface area contributed by atoms with Crippen molar-refractivity contribution in [1.29, 1.82) is 10.7 Å². The van der Waals surface area contributed by atoms with Crippen LogP contribution < -0.4 is 15.9 Å². The highest BCUT2D eigenvalue weighted by molar-refractivity contribution is 6.45. The van der Waals surface area contributed by atoms with Crippen LogP contribution in [-0.2, 0) is 0 Å². The number of hydrogen-bond acceptors (Lipinski definition) is 5. The number of nitrogens with zero attached hydrogens (tertiary/aromatic N) is 2. The van der Waals surface area contributed by atoms with E-state index in [4.69, 9.17) is 21.1 Å². The van der Waals surface area contributed by atoms with Crippen molar-refractivity contribution < 1.29 is 4.74 Å². The summed E-state index contributed by atoms with van der Waals surface area (Å²) in [7, 11) is 0. The van der Waals surface area contributed by atoms with Crippen LogP contribution in [0.5, 0.6) is 5.75 Å². The van der Waals surface area contributed by atoms with Gasteiger partial charge in [-0.05, 0) is 26.0 Å². The summed E-state index contributed by atoms with van der Waals surface area (Å²) in [5.41, 5.74) is 8.32. The Bertz CT molecular complexity index is 501. The molecule has 1 aromatic carbocycles. The lowest BCUT2D eigenvalue weighted by Crippen LogP contribution is -2.21. The van der Waals surface area contributed by atoms with E-state index in [2.05, 4.69) is 10.5 Å². The third kappa shape index (κ3) is 4.14. The molecule has 0 spiro atoms. The maximum absolute atomic E-state index is 8.68. The molecule has 0 aromatic heterocycles. The predicted molar refractivity (Wildman–Crippen MR) is 70.8 cm³/mol. The van der Waals surface area contributed by atoms with Crippen molar-refractivity contribution in [3.8, 4) is 11.8 Å². The summed E-state index contributed by atoms with van der Waals surface area (Å²) >= 11 is 0. The third-order valence-corrected chi connectivity index (χ3v) is 1.86. The molecule has 0 saturated carbocycles. The van der Waals surface area contributed by atoms with Crippen LogP contribution in [0.15, 0.2) is 29.4 Å². The second kappa shape index (κ2) is 6.25. The summed E-state index contributed by atoms with van der Waals surface area (Å²) < 4.78 is 5.52. The first-order valence-electron chi connectivity index (χ1n) is 5.38. The van der Waals surface area contributed by atoms with Crippen molar-refractivity contribution in [2.75, 3.05) is 5.43 Å². The maximum Gasteiger partial charge on any atom is 0.201 e. The normalized spacial score (nSPS) is 10.9. The molecule has 0 atom stereocenters. The first-order valence-corrected chi connectivity index (χ1v) is 5.38. The fourth-order valence-electron chi connectivity index (χ4n) is 1.18. The average Bonchev–Trinajstić information content (AvgIpc) is 2.29. The second-order valence-corrected chi connectivity index (χ2v) is 3.79. The number of ether oxygens (including phenoxy) is 1. The largest absolute Gasteiger partial charge is 0.491 e. The van der Waals surface area contributed by atoms with Gasteiger partial charge < -0.3 is 10.5 Å². The summed E-state index contributed by atoms with van der Waals surface area (Å²) in [6, 6.07) is 8.87. The van der Waals surface area contributed by atoms with Gasteiger partial charge in [-0.15, -0.1) is 0 Å². The van der Waals surface area contributed by atoms with E-state index in [9.17, 15) is 0 Å². The summed E-state index contributed by atoms with van der Waals surface area (Å²) in [6.45, 7) is 3.86. The molecule has 0 amide bonds. The van der Waals surface area contributed by atoms with Crippen molar-refractivity contribution in [3.63, 3.8) is 0 Å². The molecule has 1 aromatic rings. The van der Waals surface area contributed by atoms with E-state index in [0.29, 0.717) is 11.4 Å². The van der Waals surface area contributed by atoms with E-state index in [-0.39, 0.29) is 17.7 Å². The van der Waals surface area contributed by atoms with Crippen LogP contribution in [0, 0.1) is 16.7 Å². The zero-order chi connectivity index (χ0) is 13.5. The van der Waals surface area contributed by atoms with E-state index in [1.54, 1.807) is 24.3 Å². The molecule has 0 saturated heterocycles. The van der Waals surface area contributed by atoms with Gasteiger partial charge in [0.05, 0.1) is 11.8 Å². The molecule has 0 aliphatic heterocycles. The van der Waals surface area contributed by atoms with Crippen molar-refractivity contribution in [2.45, 2.75) is 20.0 Å². The number of nitrogens with one attached hydrogen (secondary N) is 2. The van der Waals surface area contributed by atoms with Crippen molar-refractivity contribution in [1.82, 2.24) is 0 Å². The van der Waals surface area contributed by atoms with Gasteiger partial charge in [0.1, 0.15) is 11.8 Å². The van der Waals surface area contributed by atoms with E-state index >= 15 is 0 Å². The van der Waals surface area contributed by atoms with Crippen molar-refractivity contribution in [2.24, 2.45) is 10.8 Å². The molecular weight excluding hydrogens is 230 g/mol. The summed E-state index contributed by atoms with van der Waals surface area (Å²) in [4.78, 5) is 0. The number of hydrazone groups is 1. The van der Waals surface area contributed by atoms with Crippen LogP contribution in [0.4, 0.5) is 5.69 Å². The van der Waals surface area contributed by atoms with Gasteiger partial charge >= 0.3 is 0 Å². The standard InChI is InChI=1S/C12H15N5O/c1-8(2)18-10-5-3-4-9(6-10)16-17-11(7-13)12(14)15/h3-6,8,16H,1-2H3,(H3,14,15)/b17-11+. The van der Waals surface area contributed by atoms with Crippen LogP contribution >= 0.6 is 0 Å². The fourth-order valence-corrected chi connectivity index (χ4v) is 1.18. The molecule has 0 aliphatic rings. The third-order valence-electron chi connectivity index (χ3n) is 1.86. The molecular formula is C12H15N5O. The van der Waals surface area contributed by atoms with E-state index in [1.165, 1.54) is 0 Å². The molecule has 6 heteroatoms. The lowest BCUT2D eigenvalue weighted by atomic mass is 10.3. The number of nitriles is 1. The van der Waals surface area contributed by atoms with Gasteiger partial charge in [0.25, 0.3) is 0 Å². The Morgan fingerprint density at radius 2 is 2.28 bits per heavy atom. The zero-order valence-corrected chi connectivity index (χ0v) is 10.3. The Morgan fingerprint density at radius 3 is 2.83 bits per heavy atom. The van der Waals surface area contributed by atoms with Gasteiger partial charge in [0.15, 0.2) is 5.84 Å². The molecule has 0 aliphatic carbocycles. The Hall–Kier alpha value is -2.55. The predicted octanol–water partition coefficient (Wildman–Crippen LogP) is 1.70. The lowest BCUT2D eigenvalue weighted by Gasteiger charge is -2.10. The smallest absolute Gasteiger partial charge is 0.201 e. The van der Waals surface area contributed by atoms with E-state index in [0.717, 1.165) is 0 Å². The highest BCUT2D eigenvalue weighted by Gasteiger charge is 2.02. The quantitative estimate of drug-likeness (QED) is 0.417. The minimum Gasteiger partial charge on any atom is -0.491 e. The fraction of sp³-hybridized carbons (Fsp3) is 0.250. The van der Waals surface area contributed by atoms with Gasteiger partial charge in [-0.25, -0.2) is 0 Å². The minimum absolute atomic E-state index is 0.0793. The van der Waals surface area contributed by atoms with Crippen LogP contribution in [0.3, 0.4) is 0 Å². The number of rotatable bonds is 5. The van der Waals surface area contributed by atoms with Gasteiger partial charge in [0.2, 0.25) is 5.71 Å². The summed E-state index contributed by atoms with van der Waals surface area (Å²) in [5.74, 6) is 0.325. The average molecular weight is 245 g/mol. The Kier molecular flexibility index (Phi) is 4.69. The monoisotopic (exact) mass is 245 g/mol. The highest BCUT2D eigenvalue weighted by atomic mass is 16.5. The van der Waals surface area contributed by atoms with Crippen LogP contribution in [0.1, 0.15) is 13.8 Å². The number of benzene rings is 1. The molecule has 94 valence electrons. The molecule has 0 heterocycles. The Labute approximate surface area is 106 Å².